The van der Waals surface area contributed by atoms with E-state index < -0.39 is 0 Å². The Kier molecular flexibility index (Phi) is 24.3. The monoisotopic (exact) mass is 871 g/mol. The van der Waals surface area contributed by atoms with E-state index in [0.29, 0.717) is 0 Å². The standard InChI is InChI=1S/C66H78/c1-5-9-13-17-19-21-25-55-29-33-57(34-30-55)37-39-59-41-45-61(46-42-59)49-51-65-53-64(28-24-16-12-8-4)66(54-63(65)27-23-15-11-7-3)52-50-62-47-43-60(44-48-62)40-38-58-35-31-56(32-36-58)26-22-20-18-14-10-6-2/h29-36,41-48,53-54H,5-28H2,1-4H3. The van der Waals surface area contributed by atoms with E-state index in [0.717, 1.165) is 83.0 Å². The van der Waals surface area contributed by atoms with Crippen LogP contribution in [0.2, 0.25) is 0 Å². The second-order valence-corrected chi connectivity index (χ2v) is 18.4. The summed E-state index contributed by atoms with van der Waals surface area (Å²) in [6.45, 7) is 9.10. The van der Waals surface area contributed by atoms with Crippen LogP contribution in [0, 0.1) is 47.4 Å². The first-order chi connectivity index (χ1) is 32.6. The zero-order chi connectivity index (χ0) is 46.3. The first-order valence-electron chi connectivity index (χ1n) is 26.2. The van der Waals surface area contributed by atoms with Crippen molar-refractivity contribution in [3.8, 4) is 47.4 Å². The van der Waals surface area contributed by atoms with Gasteiger partial charge in [0.15, 0.2) is 0 Å². The van der Waals surface area contributed by atoms with Gasteiger partial charge < -0.3 is 0 Å². The van der Waals surface area contributed by atoms with Crippen LogP contribution < -0.4 is 0 Å². The molecule has 0 aliphatic heterocycles. The van der Waals surface area contributed by atoms with Crippen LogP contribution in [0.25, 0.3) is 0 Å². The minimum absolute atomic E-state index is 1.01. The molecule has 0 saturated heterocycles. The summed E-state index contributed by atoms with van der Waals surface area (Å²) in [6, 6.07) is 39.2. The van der Waals surface area contributed by atoms with Gasteiger partial charge in [-0.05, 0) is 159 Å². The lowest BCUT2D eigenvalue weighted by atomic mass is 9.92. The summed E-state index contributed by atoms with van der Waals surface area (Å²) in [6.07, 6.45) is 30.1. The minimum atomic E-state index is 1.01. The van der Waals surface area contributed by atoms with E-state index in [1.807, 2.05) is 0 Å². The Bertz CT molecular complexity index is 2220. The average Bonchev–Trinajstić information content (AvgIpc) is 3.35. The van der Waals surface area contributed by atoms with Crippen molar-refractivity contribution in [3.05, 3.63) is 176 Å². The third-order valence-electron chi connectivity index (χ3n) is 12.6. The van der Waals surface area contributed by atoms with E-state index in [1.54, 1.807) is 0 Å². The number of rotatable bonds is 24. The van der Waals surface area contributed by atoms with Crippen LogP contribution in [-0.4, -0.2) is 0 Å². The van der Waals surface area contributed by atoms with Crippen LogP contribution in [0.1, 0.15) is 223 Å². The SMILES string of the molecule is CCCCCCCCc1ccc(C#Cc2ccc(C#Cc3cc(CCCCCC)c(C#Cc4ccc(C#Cc5ccc(CCCCCCCC)cc5)cc4)cc3CCCCCC)cc2)cc1. The molecule has 0 aliphatic rings. The molecule has 66 heavy (non-hydrogen) atoms. The Hall–Kier alpha value is -5.66. The van der Waals surface area contributed by atoms with Gasteiger partial charge in [-0.3, -0.25) is 0 Å². The summed E-state index contributed by atoms with van der Waals surface area (Å²) >= 11 is 0. The maximum atomic E-state index is 3.62. The number of benzene rings is 5. The highest BCUT2D eigenvalue weighted by molar-refractivity contribution is 5.56. The number of aryl methyl sites for hydroxylation is 4. The van der Waals surface area contributed by atoms with Crippen LogP contribution in [0.4, 0.5) is 0 Å². The Morgan fingerprint density at radius 3 is 0.773 bits per heavy atom. The molecule has 0 radical (unpaired) electrons. The normalized spacial score (nSPS) is 10.5. The van der Waals surface area contributed by atoms with Crippen molar-refractivity contribution in [2.75, 3.05) is 0 Å². The van der Waals surface area contributed by atoms with Gasteiger partial charge in [-0.1, -0.05) is 202 Å². The van der Waals surface area contributed by atoms with Gasteiger partial charge in [0.05, 0.1) is 0 Å². The molecule has 0 bridgehead atoms. The fourth-order valence-corrected chi connectivity index (χ4v) is 8.39. The lowest BCUT2D eigenvalue weighted by molar-refractivity contribution is 0.607. The summed E-state index contributed by atoms with van der Waals surface area (Å²) in [7, 11) is 0. The molecule has 0 amide bonds. The maximum absolute atomic E-state index is 3.62. The quantitative estimate of drug-likeness (QED) is 0.0428. The van der Waals surface area contributed by atoms with Gasteiger partial charge in [0.2, 0.25) is 0 Å². The average molecular weight is 871 g/mol. The number of hydrogen-bond acceptors (Lipinski definition) is 0. The molecule has 0 atom stereocenters. The van der Waals surface area contributed by atoms with Gasteiger partial charge >= 0.3 is 0 Å². The van der Waals surface area contributed by atoms with E-state index in [4.69, 9.17) is 0 Å². The molecule has 342 valence electrons. The summed E-state index contributed by atoms with van der Waals surface area (Å²) in [5.74, 6) is 27.8. The predicted molar refractivity (Wildman–Crippen MR) is 286 cm³/mol. The lowest BCUT2D eigenvalue weighted by Crippen LogP contribution is -1.99. The Morgan fingerprint density at radius 1 is 0.242 bits per heavy atom. The largest absolute Gasteiger partial charge is 0.0654 e. The molecular formula is C66H78. The second kappa shape index (κ2) is 31.3. The van der Waals surface area contributed by atoms with Gasteiger partial charge in [0, 0.05) is 44.5 Å². The first kappa shape index (κ1) is 51.3. The van der Waals surface area contributed by atoms with Crippen molar-refractivity contribution in [1.82, 2.24) is 0 Å². The van der Waals surface area contributed by atoms with E-state index in [9.17, 15) is 0 Å². The smallest absolute Gasteiger partial charge is 0.0284 e. The Balaban J connectivity index is 1.27. The molecule has 5 rings (SSSR count). The minimum Gasteiger partial charge on any atom is -0.0654 e. The zero-order valence-corrected chi connectivity index (χ0v) is 41.4. The third-order valence-corrected chi connectivity index (χ3v) is 12.6. The Morgan fingerprint density at radius 2 is 0.470 bits per heavy atom. The van der Waals surface area contributed by atoms with Crippen LogP contribution >= 0.6 is 0 Å². The van der Waals surface area contributed by atoms with E-state index in [-0.39, 0.29) is 0 Å². The van der Waals surface area contributed by atoms with Crippen molar-refractivity contribution in [1.29, 1.82) is 0 Å². The number of hydrogen-bond donors (Lipinski definition) is 0. The number of unbranched alkanes of at least 4 members (excludes halogenated alkanes) is 16. The molecule has 0 nitrogen and oxygen atoms in total. The molecule has 0 aromatic heterocycles. The lowest BCUT2D eigenvalue weighted by Gasteiger charge is -2.12. The van der Waals surface area contributed by atoms with E-state index in [1.165, 1.54) is 138 Å². The van der Waals surface area contributed by atoms with Crippen molar-refractivity contribution < 1.29 is 0 Å². The highest BCUT2D eigenvalue weighted by Crippen LogP contribution is 2.22. The van der Waals surface area contributed by atoms with Crippen molar-refractivity contribution in [3.63, 3.8) is 0 Å². The molecule has 0 fully saturated rings. The fraction of sp³-hybridized carbons (Fsp3) is 0.424. The van der Waals surface area contributed by atoms with Crippen LogP contribution in [-0.2, 0) is 25.7 Å². The van der Waals surface area contributed by atoms with Gasteiger partial charge in [-0.25, -0.2) is 0 Å². The molecule has 0 saturated carbocycles. The summed E-state index contributed by atoms with van der Waals surface area (Å²) in [5.41, 5.74) is 13.9. The molecule has 0 N–H and O–H groups in total. The highest BCUT2D eigenvalue weighted by Gasteiger charge is 2.09. The van der Waals surface area contributed by atoms with E-state index in [2.05, 4.69) is 184 Å². The van der Waals surface area contributed by atoms with E-state index >= 15 is 0 Å². The predicted octanol–water partition coefficient (Wildman–Crippen LogP) is 17.3. The molecule has 0 unspecified atom stereocenters. The van der Waals surface area contributed by atoms with Gasteiger partial charge in [0.25, 0.3) is 0 Å². The molecule has 0 aliphatic carbocycles. The second-order valence-electron chi connectivity index (χ2n) is 18.4. The summed E-state index contributed by atoms with van der Waals surface area (Å²) < 4.78 is 0. The Labute approximate surface area is 403 Å². The molecule has 0 spiro atoms. The third kappa shape index (κ3) is 19.8. The summed E-state index contributed by atoms with van der Waals surface area (Å²) in [5, 5.41) is 0. The van der Waals surface area contributed by atoms with Gasteiger partial charge in [-0.15, -0.1) is 0 Å². The van der Waals surface area contributed by atoms with Gasteiger partial charge in [0.1, 0.15) is 0 Å². The van der Waals surface area contributed by atoms with Crippen molar-refractivity contribution >= 4 is 0 Å². The first-order valence-corrected chi connectivity index (χ1v) is 26.2. The molecule has 5 aromatic carbocycles. The fourth-order valence-electron chi connectivity index (χ4n) is 8.39. The molecule has 0 heteroatoms. The van der Waals surface area contributed by atoms with Gasteiger partial charge in [-0.2, -0.15) is 0 Å². The van der Waals surface area contributed by atoms with Crippen molar-refractivity contribution in [2.24, 2.45) is 0 Å². The topological polar surface area (TPSA) is 0 Å². The molecular weight excluding hydrogens is 793 g/mol. The zero-order valence-electron chi connectivity index (χ0n) is 41.4. The molecule has 5 aromatic rings. The maximum Gasteiger partial charge on any atom is 0.0284 e. The van der Waals surface area contributed by atoms with Crippen LogP contribution in [0.15, 0.2) is 109 Å². The molecule has 0 heterocycles. The van der Waals surface area contributed by atoms with Crippen LogP contribution in [0.3, 0.4) is 0 Å². The van der Waals surface area contributed by atoms with Crippen LogP contribution in [0.5, 0.6) is 0 Å². The summed E-state index contributed by atoms with van der Waals surface area (Å²) in [4.78, 5) is 0. The van der Waals surface area contributed by atoms with Crippen molar-refractivity contribution in [2.45, 2.75) is 182 Å². The highest BCUT2D eigenvalue weighted by atomic mass is 14.1.